The Hall–Kier alpha value is -0.380. The van der Waals surface area contributed by atoms with E-state index >= 15 is 0 Å². The number of rotatable bonds is 3. The number of benzene rings is 1. The first-order chi connectivity index (χ1) is 6.60. The van der Waals surface area contributed by atoms with Crippen LogP contribution >= 0.6 is 24.2 Å². The third-order valence-electron chi connectivity index (χ3n) is 2.08. The van der Waals surface area contributed by atoms with Crippen molar-refractivity contribution in [3.63, 3.8) is 0 Å². The predicted octanol–water partition coefficient (Wildman–Crippen LogP) is 2.80. The Bertz CT molecular complexity index is 330. The van der Waals surface area contributed by atoms with Crippen molar-refractivity contribution >= 4 is 24.2 Å². The summed E-state index contributed by atoms with van der Waals surface area (Å²) in [6.07, 6.45) is 0. The van der Waals surface area contributed by atoms with E-state index in [0.717, 1.165) is 21.9 Å². The van der Waals surface area contributed by atoms with Gasteiger partial charge in [-0.05, 0) is 31.7 Å². The Balaban J connectivity index is 3.19. The van der Waals surface area contributed by atoms with Gasteiger partial charge in [-0.25, -0.2) is 0 Å². The lowest BCUT2D eigenvalue weighted by molar-refractivity contribution is 0.408. The van der Waals surface area contributed by atoms with E-state index in [0.29, 0.717) is 0 Å². The molecule has 0 aliphatic heterocycles. The molecule has 1 N–H and O–H groups in total. The molecule has 0 amide bonds. The molecule has 0 saturated carbocycles. The minimum Gasteiger partial charge on any atom is -0.496 e. The molecule has 1 unspecified atom stereocenters. The fraction of sp³-hybridized carbons (Fsp3) is 0.400. The summed E-state index contributed by atoms with van der Waals surface area (Å²) in [5, 5.41) is 3.69. The zero-order chi connectivity index (χ0) is 10.7. The molecule has 4 heteroatoms. The standard InChI is InChI=1S/C10H14ClNOS/c1-6-4-9(13-3)7(5-8(6)11)10(14)12-2/h4-5,10,12,14H,1-3H3. The average Bonchev–Trinajstić information content (AvgIpc) is 2.20. The average molecular weight is 232 g/mol. The first kappa shape index (κ1) is 11.7. The van der Waals surface area contributed by atoms with Crippen LogP contribution in [0.2, 0.25) is 5.02 Å². The van der Waals surface area contributed by atoms with Crippen LogP contribution in [0.15, 0.2) is 12.1 Å². The van der Waals surface area contributed by atoms with Gasteiger partial charge in [0.25, 0.3) is 0 Å². The van der Waals surface area contributed by atoms with Gasteiger partial charge in [0, 0.05) is 10.6 Å². The van der Waals surface area contributed by atoms with Crippen LogP contribution in [0.25, 0.3) is 0 Å². The number of methoxy groups -OCH3 is 1. The lowest BCUT2D eigenvalue weighted by Gasteiger charge is -2.15. The van der Waals surface area contributed by atoms with E-state index in [1.807, 2.05) is 26.1 Å². The van der Waals surface area contributed by atoms with Crippen molar-refractivity contribution in [2.45, 2.75) is 12.3 Å². The zero-order valence-electron chi connectivity index (χ0n) is 8.47. The van der Waals surface area contributed by atoms with E-state index in [9.17, 15) is 0 Å². The highest BCUT2D eigenvalue weighted by molar-refractivity contribution is 7.80. The summed E-state index contributed by atoms with van der Waals surface area (Å²) in [5.41, 5.74) is 1.96. The van der Waals surface area contributed by atoms with Crippen molar-refractivity contribution in [3.05, 3.63) is 28.3 Å². The smallest absolute Gasteiger partial charge is 0.124 e. The van der Waals surface area contributed by atoms with Gasteiger partial charge >= 0.3 is 0 Å². The molecule has 2 nitrogen and oxygen atoms in total. The van der Waals surface area contributed by atoms with E-state index in [2.05, 4.69) is 17.9 Å². The second kappa shape index (κ2) is 4.91. The normalized spacial score (nSPS) is 12.6. The summed E-state index contributed by atoms with van der Waals surface area (Å²) in [6, 6.07) is 3.79. The molecule has 1 aromatic carbocycles. The summed E-state index contributed by atoms with van der Waals surface area (Å²) in [6.45, 7) is 1.95. The van der Waals surface area contributed by atoms with Crippen LogP contribution in [0.3, 0.4) is 0 Å². The molecule has 1 aromatic rings. The number of hydrogen-bond donors (Lipinski definition) is 2. The highest BCUT2D eigenvalue weighted by Crippen LogP contribution is 2.32. The fourth-order valence-corrected chi connectivity index (χ4v) is 1.59. The number of thiol groups is 1. The van der Waals surface area contributed by atoms with Gasteiger partial charge in [0.1, 0.15) is 5.75 Å². The first-order valence-electron chi connectivity index (χ1n) is 4.29. The SMILES string of the molecule is CNC(S)c1cc(Cl)c(C)cc1OC. The Kier molecular flexibility index (Phi) is 4.11. The molecule has 1 rings (SSSR count). The van der Waals surface area contributed by atoms with E-state index in [4.69, 9.17) is 16.3 Å². The predicted molar refractivity (Wildman–Crippen MR) is 63.5 cm³/mol. The molecule has 0 radical (unpaired) electrons. The lowest BCUT2D eigenvalue weighted by Crippen LogP contribution is -2.11. The number of nitrogens with one attached hydrogen (secondary N) is 1. The monoisotopic (exact) mass is 231 g/mol. The van der Waals surface area contributed by atoms with Crippen LogP contribution in [0.1, 0.15) is 16.5 Å². The molecule has 14 heavy (non-hydrogen) atoms. The Labute approximate surface area is 95.0 Å². The van der Waals surface area contributed by atoms with Gasteiger partial charge in [0.05, 0.1) is 12.5 Å². The van der Waals surface area contributed by atoms with Gasteiger partial charge in [0.15, 0.2) is 0 Å². The quantitative estimate of drug-likeness (QED) is 0.617. The van der Waals surface area contributed by atoms with Gasteiger partial charge in [0.2, 0.25) is 0 Å². The highest BCUT2D eigenvalue weighted by Gasteiger charge is 2.12. The van der Waals surface area contributed by atoms with Crippen LogP contribution in [0, 0.1) is 6.92 Å². The summed E-state index contributed by atoms with van der Waals surface area (Å²) in [4.78, 5) is 0. The van der Waals surface area contributed by atoms with Crippen LogP contribution < -0.4 is 10.1 Å². The Morgan fingerprint density at radius 2 is 2.14 bits per heavy atom. The Morgan fingerprint density at radius 1 is 1.50 bits per heavy atom. The van der Waals surface area contributed by atoms with E-state index < -0.39 is 0 Å². The van der Waals surface area contributed by atoms with Crippen molar-refractivity contribution in [1.82, 2.24) is 5.32 Å². The molecular weight excluding hydrogens is 218 g/mol. The van der Waals surface area contributed by atoms with Crippen LogP contribution in [-0.4, -0.2) is 14.2 Å². The lowest BCUT2D eigenvalue weighted by atomic mass is 10.1. The summed E-state index contributed by atoms with van der Waals surface area (Å²) >= 11 is 10.4. The fourth-order valence-electron chi connectivity index (χ4n) is 1.22. The maximum atomic E-state index is 6.03. The van der Waals surface area contributed by atoms with E-state index in [1.165, 1.54) is 0 Å². The van der Waals surface area contributed by atoms with Crippen molar-refractivity contribution in [2.75, 3.05) is 14.2 Å². The van der Waals surface area contributed by atoms with Crippen molar-refractivity contribution < 1.29 is 4.74 Å². The van der Waals surface area contributed by atoms with Crippen molar-refractivity contribution in [3.8, 4) is 5.75 Å². The van der Waals surface area contributed by atoms with E-state index in [1.54, 1.807) is 7.11 Å². The van der Waals surface area contributed by atoms with Crippen molar-refractivity contribution in [2.24, 2.45) is 0 Å². The number of hydrogen-bond acceptors (Lipinski definition) is 3. The molecule has 0 fully saturated rings. The summed E-state index contributed by atoms with van der Waals surface area (Å²) in [5.74, 6) is 0.807. The molecule has 78 valence electrons. The minimum atomic E-state index is -0.0666. The molecule has 0 aliphatic carbocycles. The molecule has 0 spiro atoms. The van der Waals surface area contributed by atoms with Crippen LogP contribution in [0.4, 0.5) is 0 Å². The van der Waals surface area contributed by atoms with Gasteiger partial charge in [-0.2, -0.15) is 12.6 Å². The number of ether oxygens (including phenoxy) is 1. The Morgan fingerprint density at radius 3 is 2.64 bits per heavy atom. The summed E-state index contributed by atoms with van der Waals surface area (Å²) < 4.78 is 5.26. The maximum absolute atomic E-state index is 6.03. The van der Waals surface area contributed by atoms with Gasteiger partial charge in [-0.3, -0.25) is 0 Å². The molecule has 0 saturated heterocycles. The van der Waals surface area contributed by atoms with Gasteiger partial charge in [-0.1, -0.05) is 11.6 Å². The minimum absolute atomic E-state index is 0.0666. The van der Waals surface area contributed by atoms with Crippen molar-refractivity contribution in [1.29, 1.82) is 0 Å². The van der Waals surface area contributed by atoms with Gasteiger partial charge in [-0.15, -0.1) is 0 Å². The second-order valence-corrected chi connectivity index (χ2v) is 3.96. The zero-order valence-corrected chi connectivity index (χ0v) is 10.1. The molecular formula is C10H14ClNOS. The molecule has 0 aromatic heterocycles. The molecule has 0 bridgehead atoms. The number of halogens is 1. The van der Waals surface area contributed by atoms with E-state index in [-0.39, 0.29) is 5.37 Å². The molecule has 0 heterocycles. The third-order valence-corrected chi connectivity index (χ3v) is 3.02. The molecule has 0 aliphatic rings. The maximum Gasteiger partial charge on any atom is 0.124 e. The van der Waals surface area contributed by atoms with Crippen LogP contribution in [-0.2, 0) is 0 Å². The van der Waals surface area contributed by atoms with Crippen LogP contribution in [0.5, 0.6) is 5.75 Å². The largest absolute Gasteiger partial charge is 0.496 e. The second-order valence-electron chi connectivity index (χ2n) is 3.03. The highest BCUT2D eigenvalue weighted by atomic mass is 35.5. The molecule has 1 atom stereocenters. The summed E-state index contributed by atoms with van der Waals surface area (Å²) in [7, 11) is 3.48. The topological polar surface area (TPSA) is 21.3 Å². The van der Waals surface area contributed by atoms with Gasteiger partial charge < -0.3 is 10.1 Å². The number of aryl methyl sites for hydroxylation is 1. The first-order valence-corrected chi connectivity index (χ1v) is 5.19. The third kappa shape index (κ3) is 2.35.